The summed E-state index contributed by atoms with van der Waals surface area (Å²) in [5.74, 6) is 2.17. The maximum atomic E-state index is 5.77. The van der Waals surface area contributed by atoms with Crippen LogP contribution in [0.2, 0.25) is 0 Å². The van der Waals surface area contributed by atoms with Crippen LogP contribution in [0.25, 0.3) is 6.08 Å². The first-order chi connectivity index (χ1) is 8.77. The Balaban J connectivity index is 1.66. The third-order valence-electron chi connectivity index (χ3n) is 3.41. The van der Waals surface area contributed by atoms with Crippen LogP contribution in [0.3, 0.4) is 0 Å². The van der Waals surface area contributed by atoms with Crippen LogP contribution in [0, 0.1) is 11.8 Å². The Kier molecular flexibility index (Phi) is 5.02. The van der Waals surface area contributed by atoms with Crippen molar-refractivity contribution in [2.45, 2.75) is 26.4 Å². The molecule has 3 nitrogen and oxygen atoms in total. The zero-order chi connectivity index (χ0) is 12.8. The number of nitrogens with one attached hydrogen (secondary N) is 1. The Bertz CT molecular complexity index is 357. The minimum Gasteiger partial charge on any atom is -0.465 e. The van der Waals surface area contributed by atoms with Gasteiger partial charge in [0.05, 0.1) is 12.4 Å². The molecule has 2 heterocycles. The predicted molar refractivity (Wildman–Crippen MR) is 73.3 cm³/mol. The molecule has 0 radical (unpaired) electrons. The Morgan fingerprint density at radius 3 is 3.11 bits per heavy atom. The molecule has 0 aromatic carbocycles. The maximum Gasteiger partial charge on any atom is 0.126 e. The number of ether oxygens (including phenoxy) is 1. The first-order valence-electron chi connectivity index (χ1n) is 6.79. The second-order valence-corrected chi connectivity index (χ2v) is 5.20. The maximum absolute atomic E-state index is 5.77. The molecule has 0 aliphatic carbocycles. The van der Waals surface area contributed by atoms with Crippen molar-refractivity contribution in [2.24, 2.45) is 11.8 Å². The van der Waals surface area contributed by atoms with Gasteiger partial charge in [-0.05, 0) is 36.5 Å². The zero-order valence-corrected chi connectivity index (χ0v) is 11.3. The zero-order valence-electron chi connectivity index (χ0n) is 11.3. The fraction of sp³-hybridized carbons (Fsp3) is 0.600. The van der Waals surface area contributed by atoms with Gasteiger partial charge in [-0.3, -0.25) is 0 Å². The second kappa shape index (κ2) is 6.76. The van der Waals surface area contributed by atoms with E-state index in [2.05, 4.69) is 25.2 Å². The van der Waals surface area contributed by atoms with Crippen molar-refractivity contribution in [3.63, 3.8) is 0 Å². The summed E-state index contributed by atoms with van der Waals surface area (Å²) < 4.78 is 11.0. The first kappa shape index (κ1) is 13.4. The van der Waals surface area contributed by atoms with Gasteiger partial charge in [-0.15, -0.1) is 0 Å². The molecule has 0 unspecified atom stereocenters. The molecule has 0 amide bonds. The molecule has 1 aliphatic heterocycles. The third kappa shape index (κ3) is 3.72. The van der Waals surface area contributed by atoms with Gasteiger partial charge in [0, 0.05) is 19.7 Å². The molecule has 1 aromatic heterocycles. The van der Waals surface area contributed by atoms with Crippen LogP contribution in [0.5, 0.6) is 0 Å². The minimum absolute atomic E-state index is 0.423. The van der Waals surface area contributed by atoms with Crippen LogP contribution in [-0.2, 0) is 4.74 Å². The van der Waals surface area contributed by atoms with Crippen LogP contribution in [0.15, 0.2) is 28.9 Å². The summed E-state index contributed by atoms with van der Waals surface area (Å²) in [6.07, 6.45) is 7.39. The molecule has 1 fully saturated rings. The van der Waals surface area contributed by atoms with Crippen molar-refractivity contribution < 1.29 is 9.15 Å². The number of rotatable bonds is 6. The number of furan rings is 1. The van der Waals surface area contributed by atoms with E-state index in [4.69, 9.17) is 9.15 Å². The highest BCUT2D eigenvalue weighted by molar-refractivity contribution is 5.42. The van der Waals surface area contributed by atoms with Crippen molar-refractivity contribution >= 4 is 6.08 Å². The molecule has 3 heteroatoms. The predicted octanol–water partition coefficient (Wildman–Crippen LogP) is 2.94. The SMILES string of the molecule is CC(C)[C@H]1OCC[C@@H]1CNC/C=C/c1ccco1. The molecule has 1 N–H and O–H groups in total. The van der Waals surface area contributed by atoms with Gasteiger partial charge < -0.3 is 14.5 Å². The standard InChI is InChI=1S/C15H23NO2/c1-12(2)15-13(7-10-18-15)11-16-8-3-5-14-6-4-9-17-14/h3-6,9,12-13,15-16H,7-8,10-11H2,1-2H3/b5-3+/t13-,15-/m1/s1. The van der Waals surface area contributed by atoms with E-state index in [1.54, 1.807) is 6.26 Å². The van der Waals surface area contributed by atoms with Crippen LogP contribution >= 0.6 is 0 Å². The third-order valence-corrected chi connectivity index (χ3v) is 3.41. The van der Waals surface area contributed by atoms with E-state index in [0.717, 1.165) is 25.5 Å². The molecule has 2 atom stereocenters. The molecular formula is C15H23NO2. The summed E-state index contributed by atoms with van der Waals surface area (Å²) in [5.41, 5.74) is 0. The molecule has 1 aliphatic rings. The van der Waals surface area contributed by atoms with E-state index in [0.29, 0.717) is 17.9 Å². The van der Waals surface area contributed by atoms with Crippen LogP contribution in [0.1, 0.15) is 26.0 Å². The van der Waals surface area contributed by atoms with E-state index >= 15 is 0 Å². The second-order valence-electron chi connectivity index (χ2n) is 5.20. The Labute approximate surface area is 109 Å². The fourth-order valence-corrected chi connectivity index (χ4v) is 2.52. The number of hydrogen-bond acceptors (Lipinski definition) is 3. The van der Waals surface area contributed by atoms with Gasteiger partial charge in [0.25, 0.3) is 0 Å². The molecule has 2 rings (SSSR count). The van der Waals surface area contributed by atoms with Gasteiger partial charge in [-0.1, -0.05) is 19.9 Å². The summed E-state index contributed by atoms with van der Waals surface area (Å²) in [7, 11) is 0. The van der Waals surface area contributed by atoms with Crippen LogP contribution in [0.4, 0.5) is 0 Å². The fourth-order valence-electron chi connectivity index (χ4n) is 2.52. The average Bonchev–Trinajstić information content (AvgIpc) is 2.98. The Hall–Kier alpha value is -1.06. The van der Waals surface area contributed by atoms with E-state index in [1.165, 1.54) is 6.42 Å². The molecule has 18 heavy (non-hydrogen) atoms. The number of hydrogen-bond donors (Lipinski definition) is 1. The lowest BCUT2D eigenvalue weighted by molar-refractivity contribution is 0.0542. The highest BCUT2D eigenvalue weighted by Crippen LogP contribution is 2.25. The molecule has 0 spiro atoms. The van der Waals surface area contributed by atoms with E-state index in [9.17, 15) is 0 Å². The average molecular weight is 249 g/mol. The Morgan fingerprint density at radius 2 is 2.39 bits per heavy atom. The van der Waals surface area contributed by atoms with E-state index in [1.807, 2.05) is 18.2 Å². The summed E-state index contributed by atoms with van der Waals surface area (Å²) in [6, 6.07) is 3.85. The normalized spacial score (nSPS) is 24.4. The molecule has 100 valence electrons. The quantitative estimate of drug-likeness (QED) is 0.787. The smallest absolute Gasteiger partial charge is 0.126 e. The summed E-state index contributed by atoms with van der Waals surface area (Å²) >= 11 is 0. The van der Waals surface area contributed by atoms with Crippen molar-refractivity contribution in [1.82, 2.24) is 5.32 Å². The summed E-state index contributed by atoms with van der Waals surface area (Å²) in [5, 5.41) is 3.47. The highest BCUT2D eigenvalue weighted by Gasteiger charge is 2.29. The minimum atomic E-state index is 0.423. The Morgan fingerprint density at radius 1 is 1.50 bits per heavy atom. The molecule has 1 saturated heterocycles. The van der Waals surface area contributed by atoms with Gasteiger partial charge in [0.2, 0.25) is 0 Å². The molecular weight excluding hydrogens is 226 g/mol. The van der Waals surface area contributed by atoms with E-state index < -0.39 is 0 Å². The summed E-state index contributed by atoms with van der Waals surface area (Å²) in [6.45, 7) is 7.30. The monoisotopic (exact) mass is 249 g/mol. The van der Waals surface area contributed by atoms with E-state index in [-0.39, 0.29) is 0 Å². The first-order valence-corrected chi connectivity index (χ1v) is 6.79. The largest absolute Gasteiger partial charge is 0.465 e. The lowest BCUT2D eigenvalue weighted by Gasteiger charge is -2.21. The highest BCUT2D eigenvalue weighted by atomic mass is 16.5. The van der Waals surface area contributed by atoms with Gasteiger partial charge in [0.1, 0.15) is 5.76 Å². The van der Waals surface area contributed by atoms with Gasteiger partial charge in [0.15, 0.2) is 0 Å². The molecule has 0 saturated carbocycles. The van der Waals surface area contributed by atoms with Crippen molar-refractivity contribution in [2.75, 3.05) is 19.7 Å². The van der Waals surface area contributed by atoms with Crippen molar-refractivity contribution in [1.29, 1.82) is 0 Å². The van der Waals surface area contributed by atoms with Gasteiger partial charge in [-0.25, -0.2) is 0 Å². The van der Waals surface area contributed by atoms with Crippen molar-refractivity contribution in [3.05, 3.63) is 30.2 Å². The lowest BCUT2D eigenvalue weighted by Crippen LogP contribution is -2.31. The van der Waals surface area contributed by atoms with Gasteiger partial charge in [-0.2, -0.15) is 0 Å². The van der Waals surface area contributed by atoms with Crippen LogP contribution < -0.4 is 5.32 Å². The summed E-state index contributed by atoms with van der Waals surface area (Å²) in [4.78, 5) is 0. The van der Waals surface area contributed by atoms with Gasteiger partial charge >= 0.3 is 0 Å². The molecule has 1 aromatic rings. The molecule has 0 bridgehead atoms. The van der Waals surface area contributed by atoms with Crippen molar-refractivity contribution in [3.8, 4) is 0 Å². The lowest BCUT2D eigenvalue weighted by atomic mass is 9.93. The topological polar surface area (TPSA) is 34.4 Å². The van der Waals surface area contributed by atoms with Crippen LogP contribution in [-0.4, -0.2) is 25.8 Å².